The summed E-state index contributed by atoms with van der Waals surface area (Å²) in [5.41, 5.74) is 2.02. The molecule has 1 atom stereocenters. The molecule has 0 fully saturated rings. The fraction of sp³-hybridized carbons (Fsp3) is 0.286. The van der Waals surface area contributed by atoms with Crippen molar-refractivity contribution in [1.29, 1.82) is 0 Å². The van der Waals surface area contributed by atoms with Crippen LogP contribution in [0.4, 0.5) is 0 Å². The normalized spacial score (nSPS) is 11.7. The molecule has 0 aliphatic carbocycles. The van der Waals surface area contributed by atoms with E-state index in [0.29, 0.717) is 23.9 Å². The van der Waals surface area contributed by atoms with Gasteiger partial charge in [0.1, 0.15) is 11.5 Å². The van der Waals surface area contributed by atoms with Gasteiger partial charge in [0.25, 0.3) is 5.91 Å². The average Bonchev–Trinajstić information content (AvgIpc) is 3.20. The number of benzene rings is 2. The molecule has 1 unspecified atom stereocenters. The zero-order valence-corrected chi connectivity index (χ0v) is 16.1. The van der Waals surface area contributed by atoms with Gasteiger partial charge in [0.2, 0.25) is 11.7 Å². The first-order valence-corrected chi connectivity index (χ1v) is 9.07. The first kappa shape index (κ1) is 19.4. The van der Waals surface area contributed by atoms with Crippen LogP contribution in [-0.2, 0) is 11.3 Å². The minimum absolute atomic E-state index is 0.139. The van der Waals surface area contributed by atoms with Gasteiger partial charge in [-0.05, 0) is 37.6 Å². The van der Waals surface area contributed by atoms with Gasteiger partial charge in [-0.1, -0.05) is 41.9 Å². The van der Waals surface area contributed by atoms with Crippen molar-refractivity contribution in [3.8, 4) is 22.9 Å². The van der Waals surface area contributed by atoms with Crippen LogP contribution < -0.4 is 14.8 Å². The molecule has 1 N–H and O–H groups in total. The minimum Gasteiger partial charge on any atom is -0.497 e. The summed E-state index contributed by atoms with van der Waals surface area (Å²) in [6, 6.07) is 14.9. The highest BCUT2D eigenvalue weighted by molar-refractivity contribution is 5.81. The standard InChI is InChI=1S/C21H23N3O4/c1-4-18(27-17-11-9-16(26-3)10-12-17)21(25)22-13-19-23-20(24-28-19)15-7-5-14(2)6-8-15/h5-12,18H,4,13H2,1-3H3,(H,22,25). The zero-order valence-electron chi connectivity index (χ0n) is 16.1. The van der Waals surface area contributed by atoms with Crippen LogP contribution in [0.3, 0.4) is 0 Å². The van der Waals surface area contributed by atoms with Crippen molar-refractivity contribution < 1.29 is 18.8 Å². The van der Waals surface area contributed by atoms with Gasteiger partial charge < -0.3 is 19.3 Å². The maximum atomic E-state index is 12.4. The lowest BCUT2D eigenvalue weighted by Gasteiger charge is -2.16. The monoisotopic (exact) mass is 381 g/mol. The lowest BCUT2D eigenvalue weighted by Crippen LogP contribution is -2.37. The van der Waals surface area contributed by atoms with Crippen molar-refractivity contribution in [3.05, 3.63) is 60.0 Å². The number of amides is 1. The highest BCUT2D eigenvalue weighted by atomic mass is 16.5. The van der Waals surface area contributed by atoms with Gasteiger partial charge in [0.15, 0.2) is 6.10 Å². The number of rotatable bonds is 8. The van der Waals surface area contributed by atoms with Gasteiger partial charge >= 0.3 is 0 Å². The van der Waals surface area contributed by atoms with Crippen LogP contribution in [0, 0.1) is 6.92 Å². The lowest BCUT2D eigenvalue weighted by molar-refractivity contribution is -0.128. The van der Waals surface area contributed by atoms with Crippen LogP contribution in [-0.4, -0.2) is 29.3 Å². The number of ether oxygens (including phenoxy) is 2. The Kier molecular flexibility index (Phi) is 6.26. The topological polar surface area (TPSA) is 86.5 Å². The molecule has 1 heterocycles. The number of nitrogens with zero attached hydrogens (tertiary/aromatic N) is 2. The number of aromatic nitrogens is 2. The molecule has 28 heavy (non-hydrogen) atoms. The average molecular weight is 381 g/mol. The Hall–Kier alpha value is -3.35. The number of carbonyl (C=O) groups excluding carboxylic acids is 1. The number of nitrogens with one attached hydrogen (secondary N) is 1. The van der Waals surface area contributed by atoms with Gasteiger partial charge in [-0.15, -0.1) is 0 Å². The van der Waals surface area contributed by atoms with Gasteiger partial charge in [-0.2, -0.15) is 4.98 Å². The van der Waals surface area contributed by atoms with Crippen LogP contribution in [0.5, 0.6) is 11.5 Å². The minimum atomic E-state index is -0.618. The molecule has 2 aromatic carbocycles. The molecule has 1 aromatic heterocycles. The smallest absolute Gasteiger partial charge is 0.261 e. The largest absolute Gasteiger partial charge is 0.497 e. The van der Waals surface area contributed by atoms with E-state index >= 15 is 0 Å². The van der Waals surface area contributed by atoms with Crippen molar-refractivity contribution in [2.24, 2.45) is 0 Å². The molecular formula is C21H23N3O4. The summed E-state index contributed by atoms with van der Waals surface area (Å²) in [4.78, 5) is 16.8. The third-order valence-corrected chi connectivity index (χ3v) is 4.19. The number of aryl methyl sites for hydroxylation is 1. The number of carbonyl (C=O) groups is 1. The van der Waals surface area contributed by atoms with Gasteiger partial charge in [0, 0.05) is 5.56 Å². The van der Waals surface area contributed by atoms with Gasteiger partial charge in [-0.25, -0.2) is 0 Å². The molecule has 0 aliphatic heterocycles. The number of methoxy groups -OCH3 is 1. The van der Waals surface area contributed by atoms with Gasteiger partial charge in [0.05, 0.1) is 13.7 Å². The third-order valence-electron chi connectivity index (χ3n) is 4.19. The van der Waals surface area contributed by atoms with E-state index in [1.54, 1.807) is 31.4 Å². The van der Waals surface area contributed by atoms with Crippen LogP contribution in [0.25, 0.3) is 11.4 Å². The van der Waals surface area contributed by atoms with Crippen LogP contribution >= 0.6 is 0 Å². The molecule has 1 amide bonds. The quantitative estimate of drug-likeness (QED) is 0.642. The fourth-order valence-corrected chi connectivity index (χ4v) is 2.56. The predicted molar refractivity (Wildman–Crippen MR) is 104 cm³/mol. The highest BCUT2D eigenvalue weighted by Gasteiger charge is 2.19. The van der Waals surface area contributed by atoms with Crippen LogP contribution in [0.1, 0.15) is 24.8 Å². The SMILES string of the molecule is CCC(Oc1ccc(OC)cc1)C(=O)NCc1nc(-c2ccc(C)cc2)no1. The summed E-state index contributed by atoms with van der Waals surface area (Å²) in [7, 11) is 1.60. The molecule has 146 valence electrons. The molecule has 0 radical (unpaired) electrons. The van der Waals surface area contributed by atoms with E-state index in [2.05, 4.69) is 15.5 Å². The molecular weight excluding hydrogens is 358 g/mol. The molecule has 0 saturated heterocycles. The second kappa shape index (κ2) is 9.03. The molecule has 0 bridgehead atoms. The molecule has 3 aromatic rings. The summed E-state index contributed by atoms with van der Waals surface area (Å²) in [5.74, 6) is 1.91. The van der Waals surface area contributed by atoms with Gasteiger partial charge in [-0.3, -0.25) is 4.79 Å². The second-order valence-electron chi connectivity index (χ2n) is 6.29. The predicted octanol–water partition coefficient (Wildman–Crippen LogP) is 3.53. The molecule has 7 heteroatoms. The summed E-state index contributed by atoms with van der Waals surface area (Å²) in [6.45, 7) is 4.04. The molecule has 0 aliphatic rings. The van der Waals surface area contributed by atoms with Crippen LogP contribution in [0.2, 0.25) is 0 Å². The summed E-state index contributed by atoms with van der Waals surface area (Å²) < 4.78 is 16.1. The molecule has 7 nitrogen and oxygen atoms in total. The maximum Gasteiger partial charge on any atom is 0.261 e. The summed E-state index contributed by atoms with van der Waals surface area (Å²) in [5, 5.41) is 6.74. The Morgan fingerprint density at radius 3 is 2.43 bits per heavy atom. The highest BCUT2D eigenvalue weighted by Crippen LogP contribution is 2.19. The summed E-state index contributed by atoms with van der Waals surface area (Å²) >= 11 is 0. The Morgan fingerprint density at radius 2 is 1.79 bits per heavy atom. The Bertz CT molecular complexity index is 904. The van der Waals surface area contributed by atoms with Crippen molar-refractivity contribution in [2.45, 2.75) is 32.9 Å². The van der Waals surface area contributed by atoms with E-state index in [4.69, 9.17) is 14.0 Å². The summed E-state index contributed by atoms with van der Waals surface area (Å²) in [6.07, 6.45) is -0.0936. The zero-order chi connectivity index (χ0) is 19.9. The van der Waals surface area contributed by atoms with E-state index in [0.717, 1.165) is 16.9 Å². The first-order chi connectivity index (χ1) is 13.6. The molecule has 0 saturated carbocycles. The van der Waals surface area contributed by atoms with Crippen LogP contribution in [0.15, 0.2) is 53.1 Å². The molecule has 0 spiro atoms. The van der Waals surface area contributed by atoms with Crippen molar-refractivity contribution in [1.82, 2.24) is 15.5 Å². The van der Waals surface area contributed by atoms with E-state index in [1.807, 2.05) is 38.1 Å². The first-order valence-electron chi connectivity index (χ1n) is 9.07. The number of hydrogen-bond acceptors (Lipinski definition) is 6. The number of hydrogen-bond donors (Lipinski definition) is 1. The lowest BCUT2D eigenvalue weighted by atomic mass is 10.1. The fourth-order valence-electron chi connectivity index (χ4n) is 2.56. The van der Waals surface area contributed by atoms with E-state index in [1.165, 1.54) is 0 Å². The van der Waals surface area contributed by atoms with E-state index < -0.39 is 6.10 Å². The van der Waals surface area contributed by atoms with E-state index in [9.17, 15) is 4.79 Å². The van der Waals surface area contributed by atoms with E-state index in [-0.39, 0.29) is 12.5 Å². The Morgan fingerprint density at radius 1 is 1.11 bits per heavy atom. The molecule has 3 rings (SSSR count). The Balaban J connectivity index is 1.56. The second-order valence-corrected chi connectivity index (χ2v) is 6.29. The van der Waals surface area contributed by atoms with Crippen molar-refractivity contribution in [3.63, 3.8) is 0 Å². The maximum absolute atomic E-state index is 12.4. The van der Waals surface area contributed by atoms with Crippen molar-refractivity contribution >= 4 is 5.91 Å². The Labute approximate surface area is 163 Å². The third kappa shape index (κ3) is 4.88. The van der Waals surface area contributed by atoms with Crippen molar-refractivity contribution in [2.75, 3.05) is 7.11 Å².